The molecule has 1 aliphatic heterocycles. The van der Waals surface area contributed by atoms with E-state index in [-0.39, 0.29) is 24.3 Å². The Hall–Kier alpha value is -2.96. The first-order valence-corrected chi connectivity index (χ1v) is 9.57. The molecule has 1 aliphatic rings. The number of rotatable bonds is 5. The lowest BCUT2D eigenvalue weighted by atomic mass is 9.95. The molecule has 1 fully saturated rings. The summed E-state index contributed by atoms with van der Waals surface area (Å²) in [4.78, 5) is 37.2. The lowest BCUT2D eigenvalue weighted by Gasteiger charge is -2.33. The van der Waals surface area contributed by atoms with Gasteiger partial charge in [-0.2, -0.15) is 0 Å². The fourth-order valence-corrected chi connectivity index (χ4v) is 3.49. The zero-order chi connectivity index (χ0) is 20.1. The number of benzene rings is 1. The van der Waals surface area contributed by atoms with Crippen LogP contribution in [-0.4, -0.2) is 53.4 Å². The maximum atomic E-state index is 12.7. The number of aromatic nitrogens is 2. The fourth-order valence-electron chi connectivity index (χ4n) is 3.49. The topological polar surface area (TPSA) is 78.4 Å². The third-order valence-corrected chi connectivity index (χ3v) is 5.35. The minimum absolute atomic E-state index is 0.0231. The highest BCUT2D eigenvalue weighted by Gasteiger charge is 2.28. The summed E-state index contributed by atoms with van der Waals surface area (Å²) < 4.78 is 0. The summed E-state index contributed by atoms with van der Waals surface area (Å²) in [7, 11) is 1.69. The van der Waals surface area contributed by atoms with Crippen molar-refractivity contribution in [2.24, 2.45) is 5.92 Å². The van der Waals surface area contributed by atoms with E-state index in [1.165, 1.54) is 4.90 Å². The van der Waals surface area contributed by atoms with Crippen LogP contribution < -0.4 is 10.2 Å². The van der Waals surface area contributed by atoms with Gasteiger partial charge in [0.05, 0.1) is 12.7 Å². The van der Waals surface area contributed by atoms with Crippen molar-refractivity contribution < 1.29 is 9.59 Å². The standard InChI is InChI=1S/C21H27N5O2/c1-15-5-4-6-18(16(15)2)24-20(27)14-25(3)21(28)17-7-11-26(12-8-17)19-13-22-9-10-23-19/h4-6,9-10,13,17H,7-8,11-12,14H2,1-3H3,(H,24,27). The highest BCUT2D eigenvalue weighted by atomic mass is 16.2. The number of aryl methyl sites for hydroxylation is 1. The van der Waals surface area contributed by atoms with E-state index < -0.39 is 0 Å². The molecule has 0 saturated carbocycles. The van der Waals surface area contributed by atoms with Gasteiger partial charge in [0.2, 0.25) is 11.8 Å². The van der Waals surface area contributed by atoms with Crippen molar-refractivity contribution in [3.05, 3.63) is 47.9 Å². The number of anilines is 2. The second-order valence-electron chi connectivity index (χ2n) is 7.31. The van der Waals surface area contributed by atoms with Crippen LogP contribution in [0.25, 0.3) is 0 Å². The minimum Gasteiger partial charge on any atom is -0.355 e. The van der Waals surface area contributed by atoms with Gasteiger partial charge in [-0.15, -0.1) is 0 Å². The van der Waals surface area contributed by atoms with E-state index in [2.05, 4.69) is 20.2 Å². The van der Waals surface area contributed by atoms with Crippen LogP contribution in [0, 0.1) is 19.8 Å². The lowest BCUT2D eigenvalue weighted by molar-refractivity contribution is -0.137. The molecule has 0 unspecified atom stereocenters. The molecule has 28 heavy (non-hydrogen) atoms. The van der Waals surface area contributed by atoms with Gasteiger partial charge < -0.3 is 15.1 Å². The number of nitrogens with one attached hydrogen (secondary N) is 1. The number of carbonyl (C=O) groups excluding carboxylic acids is 2. The van der Waals surface area contributed by atoms with Crippen molar-refractivity contribution in [3.8, 4) is 0 Å². The first-order chi connectivity index (χ1) is 13.5. The van der Waals surface area contributed by atoms with Crippen molar-refractivity contribution in [2.45, 2.75) is 26.7 Å². The Morgan fingerprint density at radius 1 is 1.21 bits per heavy atom. The van der Waals surface area contributed by atoms with Crippen LogP contribution in [-0.2, 0) is 9.59 Å². The quantitative estimate of drug-likeness (QED) is 0.860. The van der Waals surface area contributed by atoms with Crippen LogP contribution in [0.4, 0.5) is 11.5 Å². The molecule has 7 heteroatoms. The van der Waals surface area contributed by atoms with E-state index in [1.54, 1.807) is 25.6 Å². The fraction of sp³-hybridized carbons (Fsp3) is 0.429. The zero-order valence-electron chi connectivity index (χ0n) is 16.7. The van der Waals surface area contributed by atoms with Gasteiger partial charge in [0.15, 0.2) is 0 Å². The summed E-state index contributed by atoms with van der Waals surface area (Å²) in [6.07, 6.45) is 6.57. The van der Waals surface area contributed by atoms with Crippen LogP contribution in [0.3, 0.4) is 0 Å². The monoisotopic (exact) mass is 381 g/mol. The van der Waals surface area contributed by atoms with Crippen LogP contribution in [0.15, 0.2) is 36.8 Å². The largest absolute Gasteiger partial charge is 0.355 e. The van der Waals surface area contributed by atoms with Crippen LogP contribution >= 0.6 is 0 Å². The average Bonchev–Trinajstić information content (AvgIpc) is 2.71. The van der Waals surface area contributed by atoms with Gasteiger partial charge in [0.25, 0.3) is 0 Å². The molecule has 0 radical (unpaired) electrons. The predicted molar refractivity (Wildman–Crippen MR) is 109 cm³/mol. The molecular weight excluding hydrogens is 354 g/mol. The smallest absolute Gasteiger partial charge is 0.243 e. The van der Waals surface area contributed by atoms with Gasteiger partial charge in [0, 0.05) is 44.1 Å². The third-order valence-electron chi connectivity index (χ3n) is 5.35. The Labute approximate surface area is 165 Å². The lowest BCUT2D eigenvalue weighted by Crippen LogP contribution is -2.43. The van der Waals surface area contributed by atoms with Crippen LogP contribution in [0.1, 0.15) is 24.0 Å². The van der Waals surface area contributed by atoms with E-state index in [1.807, 2.05) is 32.0 Å². The summed E-state index contributed by atoms with van der Waals surface area (Å²) in [5.74, 6) is 0.623. The summed E-state index contributed by atoms with van der Waals surface area (Å²) >= 11 is 0. The molecule has 148 valence electrons. The Morgan fingerprint density at radius 2 is 1.96 bits per heavy atom. The molecule has 0 atom stereocenters. The molecule has 0 bridgehead atoms. The van der Waals surface area contributed by atoms with Crippen molar-refractivity contribution in [3.63, 3.8) is 0 Å². The molecule has 2 aromatic rings. The maximum Gasteiger partial charge on any atom is 0.243 e. The molecule has 1 N–H and O–H groups in total. The second kappa shape index (κ2) is 8.82. The van der Waals surface area contributed by atoms with Crippen LogP contribution in [0.5, 0.6) is 0 Å². The van der Waals surface area contributed by atoms with E-state index >= 15 is 0 Å². The number of amides is 2. The summed E-state index contributed by atoms with van der Waals surface area (Å²) in [5, 5.41) is 2.91. The van der Waals surface area contributed by atoms with E-state index in [4.69, 9.17) is 0 Å². The highest BCUT2D eigenvalue weighted by Crippen LogP contribution is 2.23. The number of likely N-dealkylation sites (N-methyl/N-ethyl adjacent to an activating group) is 1. The summed E-state index contributed by atoms with van der Waals surface area (Å²) in [6, 6.07) is 5.80. The normalized spacial score (nSPS) is 14.6. The molecular formula is C21H27N5O2. The first kappa shape index (κ1) is 19.8. The number of hydrogen-bond donors (Lipinski definition) is 1. The SMILES string of the molecule is Cc1cccc(NC(=O)CN(C)C(=O)C2CCN(c3cnccn3)CC2)c1C. The summed E-state index contributed by atoms with van der Waals surface area (Å²) in [5.41, 5.74) is 2.96. The highest BCUT2D eigenvalue weighted by molar-refractivity contribution is 5.95. The Kier molecular flexibility index (Phi) is 6.23. The molecule has 2 amide bonds. The number of hydrogen-bond acceptors (Lipinski definition) is 5. The minimum atomic E-state index is -0.179. The molecule has 1 aromatic heterocycles. The molecule has 1 aromatic carbocycles. The molecule has 2 heterocycles. The Balaban J connectivity index is 1.50. The van der Waals surface area contributed by atoms with Gasteiger partial charge in [-0.3, -0.25) is 14.6 Å². The van der Waals surface area contributed by atoms with Crippen LogP contribution in [0.2, 0.25) is 0 Å². The molecule has 0 aliphatic carbocycles. The molecule has 7 nitrogen and oxygen atoms in total. The van der Waals surface area contributed by atoms with Crippen molar-refractivity contribution in [1.29, 1.82) is 0 Å². The number of carbonyl (C=O) groups is 2. The number of piperidine rings is 1. The Morgan fingerprint density at radius 3 is 2.64 bits per heavy atom. The van der Waals surface area contributed by atoms with E-state index in [9.17, 15) is 9.59 Å². The van der Waals surface area contributed by atoms with Gasteiger partial charge in [-0.25, -0.2) is 4.98 Å². The zero-order valence-corrected chi connectivity index (χ0v) is 16.7. The van der Waals surface area contributed by atoms with E-state index in [0.29, 0.717) is 0 Å². The molecule has 1 saturated heterocycles. The molecule has 3 rings (SSSR count). The van der Waals surface area contributed by atoms with Gasteiger partial charge >= 0.3 is 0 Å². The second-order valence-corrected chi connectivity index (χ2v) is 7.31. The van der Waals surface area contributed by atoms with Crippen molar-refractivity contribution in [2.75, 3.05) is 36.9 Å². The predicted octanol–water partition coefficient (Wildman–Crippen LogP) is 2.41. The Bertz CT molecular complexity index is 832. The van der Waals surface area contributed by atoms with Gasteiger partial charge in [-0.05, 0) is 43.9 Å². The maximum absolute atomic E-state index is 12.7. The average molecular weight is 381 g/mol. The van der Waals surface area contributed by atoms with Crippen molar-refractivity contribution in [1.82, 2.24) is 14.9 Å². The molecule has 0 spiro atoms. The number of nitrogens with zero attached hydrogens (tertiary/aromatic N) is 4. The third kappa shape index (κ3) is 4.65. The van der Waals surface area contributed by atoms with Crippen molar-refractivity contribution >= 4 is 23.3 Å². The van der Waals surface area contributed by atoms with Gasteiger partial charge in [0.1, 0.15) is 5.82 Å². The van der Waals surface area contributed by atoms with E-state index in [0.717, 1.165) is 48.6 Å². The van der Waals surface area contributed by atoms with Gasteiger partial charge in [-0.1, -0.05) is 12.1 Å². The first-order valence-electron chi connectivity index (χ1n) is 9.57. The summed E-state index contributed by atoms with van der Waals surface area (Å²) in [6.45, 7) is 5.56.